The Bertz CT molecular complexity index is 472. The van der Waals surface area contributed by atoms with Gasteiger partial charge >= 0.3 is 0 Å². The topological polar surface area (TPSA) is 0 Å². The second-order valence-corrected chi connectivity index (χ2v) is 10.9. The van der Waals surface area contributed by atoms with Crippen molar-refractivity contribution in [2.45, 2.75) is 112 Å². The van der Waals surface area contributed by atoms with E-state index in [1.807, 2.05) is 5.57 Å². The summed E-state index contributed by atoms with van der Waals surface area (Å²) in [6, 6.07) is 0. The van der Waals surface area contributed by atoms with E-state index in [9.17, 15) is 0 Å². The Kier molecular flexibility index (Phi) is 6.06. The molecule has 5 atom stereocenters. The van der Waals surface area contributed by atoms with Crippen molar-refractivity contribution in [3.05, 3.63) is 11.6 Å². The molecule has 25 heavy (non-hydrogen) atoms. The molecule has 144 valence electrons. The van der Waals surface area contributed by atoms with Gasteiger partial charge in [0.25, 0.3) is 0 Å². The largest absolute Gasteiger partial charge is 0.0845 e. The minimum atomic E-state index is 0.603. The number of hydrogen-bond acceptors (Lipinski definition) is 0. The normalized spacial score (nSPS) is 43.8. The molecule has 0 nitrogen and oxygen atoms in total. The fourth-order valence-corrected chi connectivity index (χ4v) is 6.82. The first kappa shape index (κ1) is 19.5. The SMILES string of the molecule is CC(C)CCCCC1CCCC(C)C/C=C2/CC(C)CC23CCC13C. The van der Waals surface area contributed by atoms with Gasteiger partial charge in [-0.25, -0.2) is 0 Å². The van der Waals surface area contributed by atoms with Crippen molar-refractivity contribution in [2.24, 2.45) is 34.5 Å². The van der Waals surface area contributed by atoms with Gasteiger partial charge in [0.15, 0.2) is 0 Å². The van der Waals surface area contributed by atoms with Crippen LogP contribution in [0.3, 0.4) is 0 Å². The van der Waals surface area contributed by atoms with Gasteiger partial charge in [0, 0.05) is 0 Å². The van der Waals surface area contributed by atoms with E-state index in [0.717, 1.165) is 23.7 Å². The van der Waals surface area contributed by atoms with Gasteiger partial charge in [-0.1, -0.05) is 78.4 Å². The second-order valence-electron chi connectivity index (χ2n) is 10.9. The van der Waals surface area contributed by atoms with Crippen molar-refractivity contribution in [1.29, 1.82) is 0 Å². The monoisotopic (exact) mass is 344 g/mol. The van der Waals surface area contributed by atoms with Crippen LogP contribution in [0.1, 0.15) is 112 Å². The van der Waals surface area contributed by atoms with Crippen molar-refractivity contribution in [2.75, 3.05) is 0 Å². The van der Waals surface area contributed by atoms with E-state index in [1.165, 1.54) is 77.0 Å². The summed E-state index contributed by atoms with van der Waals surface area (Å²) in [6.45, 7) is 12.5. The van der Waals surface area contributed by atoms with E-state index >= 15 is 0 Å². The van der Waals surface area contributed by atoms with Gasteiger partial charge in [-0.3, -0.25) is 0 Å². The predicted molar refractivity (Wildman–Crippen MR) is 111 cm³/mol. The third kappa shape index (κ3) is 3.74. The van der Waals surface area contributed by atoms with Crippen molar-refractivity contribution in [1.82, 2.24) is 0 Å². The van der Waals surface area contributed by atoms with Crippen LogP contribution < -0.4 is 0 Å². The minimum Gasteiger partial charge on any atom is -0.0845 e. The van der Waals surface area contributed by atoms with Crippen LogP contribution in [0.2, 0.25) is 0 Å². The van der Waals surface area contributed by atoms with Crippen LogP contribution in [-0.4, -0.2) is 0 Å². The van der Waals surface area contributed by atoms with Crippen molar-refractivity contribution in [3.63, 3.8) is 0 Å². The Morgan fingerprint density at radius 3 is 2.56 bits per heavy atom. The highest BCUT2D eigenvalue weighted by Crippen LogP contribution is 2.72. The quantitative estimate of drug-likeness (QED) is 0.348. The third-order valence-electron chi connectivity index (χ3n) is 8.55. The molecular formula is C25H44. The zero-order chi connectivity index (χ0) is 18.1. The van der Waals surface area contributed by atoms with E-state index in [4.69, 9.17) is 0 Å². The standard InChI is InChI=1S/C25H44/c1-19(2)9-6-7-11-22-12-8-10-20(3)13-14-23-17-21(4)18-25(23)16-15-24(22,25)5/h14,19-22H,6-13,15-18H2,1-5H3/b23-14-. The van der Waals surface area contributed by atoms with E-state index in [1.54, 1.807) is 0 Å². The molecule has 2 fully saturated rings. The maximum atomic E-state index is 2.73. The van der Waals surface area contributed by atoms with Crippen molar-refractivity contribution >= 4 is 0 Å². The first-order chi connectivity index (χ1) is 11.9. The highest BCUT2D eigenvalue weighted by Gasteiger charge is 2.62. The maximum Gasteiger partial charge on any atom is -0.00288 e. The molecule has 0 heterocycles. The van der Waals surface area contributed by atoms with Crippen LogP contribution in [0.25, 0.3) is 0 Å². The summed E-state index contributed by atoms with van der Waals surface area (Å²) in [5.41, 5.74) is 3.11. The molecule has 0 heteroatoms. The molecule has 0 aromatic heterocycles. The molecule has 3 aliphatic carbocycles. The number of rotatable bonds is 5. The molecule has 0 aromatic carbocycles. The Balaban J connectivity index is 1.78. The summed E-state index contributed by atoms with van der Waals surface area (Å²) in [7, 11) is 0. The summed E-state index contributed by atoms with van der Waals surface area (Å²) in [5.74, 6) is 3.67. The fourth-order valence-electron chi connectivity index (χ4n) is 6.82. The second kappa shape index (κ2) is 7.77. The zero-order valence-corrected chi connectivity index (χ0v) is 17.9. The van der Waals surface area contributed by atoms with Crippen LogP contribution in [-0.2, 0) is 0 Å². The number of allylic oxidation sites excluding steroid dienone is 2. The molecule has 0 radical (unpaired) electrons. The molecule has 0 aromatic rings. The van der Waals surface area contributed by atoms with E-state index in [-0.39, 0.29) is 0 Å². The lowest BCUT2D eigenvalue weighted by atomic mass is 9.42. The van der Waals surface area contributed by atoms with Gasteiger partial charge in [-0.15, -0.1) is 0 Å². The first-order valence-corrected chi connectivity index (χ1v) is 11.6. The average molecular weight is 345 g/mol. The Morgan fingerprint density at radius 2 is 1.88 bits per heavy atom. The molecule has 0 N–H and O–H groups in total. The van der Waals surface area contributed by atoms with E-state index in [2.05, 4.69) is 40.7 Å². The van der Waals surface area contributed by atoms with E-state index < -0.39 is 0 Å². The molecule has 3 rings (SSSR count). The number of hydrogen-bond donors (Lipinski definition) is 0. The van der Waals surface area contributed by atoms with Gasteiger partial charge in [0.1, 0.15) is 0 Å². The lowest BCUT2D eigenvalue weighted by Gasteiger charge is -2.62. The molecule has 0 bridgehead atoms. The predicted octanol–water partition coefficient (Wildman–Crippen LogP) is 8.17. The molecular weight excluding hydrogens is 300 g/mol. The minimum absolute atomic E-state index is 0.603. The number of unbranched alkanes of at least 4 members (excludes halogenated alkanes) is 1. The van der Waals surface area contributed by atoms with Gasteiger partial charge in [-0.2, -0.15) is 0 Å². The molecule has 2 saturated carbocycles. The summed E-state index contributed by atoms with van der Waals surface area (Å²) in [4.78, 5) is 0. The molecule has 0 amide bonds. The van der Waals surface area contributed by atoms with Crippen LogP contribution in [0.15, 0.2) is 11.6 Å². The summed E-state index contributed by atoms with van der Waals surface area (Å²) in [5, 5.41) is 0. The maximum absolute atomic E-state index is 2.73. The van der Waals surface area contributed by atoms with Gasteiger partial charge in [0.05, 0.1) is 0 Å². The Morgan fingerprint density at radius 1 is 1.08 bits per heavy atom. The fraction of sp³-hybridized carbons (Fsp3) is 0.920. The summed E-state index contributed by atoms with van der Waals surface area (Å²) in [6.07, 6.45) is 20.2. The van der Waals surface area contributed by atoms with Gasteiger partial charge in [0.2, 0.25) is 0 Å². The Hall–Kier alpha value is -0.260. The van der Waals surface area contributed by atoms with Crippen LogP contribution >= 0.6 is 0 Å². The molecule has 0 saturated heterocycles. The first-order valence-electron chi connectivity index (χ1n) is 11.6. The van der Waals surface area contributed by atoms with Crippen LogP contribution in [0, 0.1) is 34.5 Å². The van der Waals surface area contributed by atoms with Gasteiger partial charge < -0.3 is 0 Å². The van der Waals surface area contributed by atoms with E-state index in [0.29, 0.717) is 10.8 Å². The highest BCUT2D eigenvalue weighted by atomic mass is 14.7. The van der Waals surface area contributed by atoms with Crippen molar-refractivity contribution < 1.29 is 0 Å². The molecule has 1 spiro atoms. The Labute approximate surface area is 158 Å². The molecule has 0 aliphatic heterocycles. The molecule has 5 unspecified atom stereocenters. The lowest BCUT2D eigenvalue weighted by molar-refractivity contribution is -0.0906. The summed E-state index contributed by atoms with van der Waals surface area (Å²) < 4.78 is 0. The van der Waals surface area contributed by atoms with Crippen LogP contribution in [0.4, 0.5) is 0 Å². The van der Waals surface area contributed by atoms with Crippen LogP contribution in [0.5, 0.6) is 0 Å². The smallest absolute Gasteiger partial charge is 0.00288 e. The average Bonchev–Trinajstić information content (AvgIpc) is 2.91. The van der Waals surface area contributed by atoms with Crippen molar-refractivity contribution in [3.8, 4) is 0 Å². The van der Waals surface area contributed by atoms with Gasteiger partial charge in [-0.05, 0) is 79.4 Å². The third-order valence-corrected chi connectivity index (χ3v) is 8.55. The lowest BCUT2D eigenvalue weighted by Crippen LogP contribution is -2.53. The summed E-state index contributed by atoms with van der Waals surface area (Å²) >= 11 is 0. The molecule has 3 aliphatic rings. The zero-order valence-electron chi connectivity index (χ0n) is 17.9. The highest BCUT2D eigenvalue weighted by molar-refractivity contribution is 5.30.